The maximum absolute atomic E-state index is 12.7. The Morgan fingerprint density at radius 1 is 1.14 bits per heavy atom. The molecule has 0 aliphatic rings. The van der Waals surface area contributed by atoms with Crippen molar-refractivity contribution in [1.29, 1.82) is 0 Å². The molecule has 2 heterocycles. The predicted octanol–water partition coefficient (Wildman–Crippen LogP) is 0.484. The number of halogens is 3. The van der Waals surface area contributed by atoms with Crippen molar-refractivity contribution in [2.24, 2.45) is 11.5 Å². The summed E-state index contributed by atoms with van der Waals surface area (Å²) in [5, 5.41) is 3.65. The molecule has 0 unspecified atom stereocenters. The Morgan fingerprint density at radius 2 is 1.81 bits per heavy atom. The number of nitrogens with two attached hydrogens (primary N) is 2. The largest absolute Gasteiger partial charge is 0.433 e. The van der Waals surface area contributed by atoms with E-state index in [1.165, 1.54) is 0 Å². The van der Waals surface area contributed by atoms with Crippen LogP contribution in [0.4, 0.5) is 13.2 Å². The van der Waals surface area contributed by atoms with E-state index in [0.29, 0.717) is 6.07 Å². The van der Waals surface area contributed by atoms with E-state index in [0.717, 1.165) is 23.1 Å². The standard InChI is InChI=1S/C11H8F3N5O2/c12-11(13,14)7-2-1-6(9(16)21)10(18-7)19-4-5(3-17-19)8(15)20/h1-4H,(H2,15,20)(H2,16,21). The van der Waals surface area contributed by atoms with E-state index in [-0.39, 0.29) is 11.1 Å². The molecule has 0 bridgehead atoms. The minimum Gasteiger partial charge on any atom is -0.366 e. The molecule has 0 fully saturated rings. The van der Waals surface area contributed by atoms with E-state index < -0.39 is 29.5 Å². The Hall–Kier alpha value is -2.91. The summed E-state index contributed by atoms with van der Waals surface area (Å²) >= 11 is 0. The van der Waals surface area contributed by atoms with Gasteiger partial charge in [-0.1, -0.05) is 0 Å². The summed E-state index contributed by atoms with van der Waals surface area (Å²) in [6.07, 6.45) is -2.61. The number of primary amides is 2. The molecular formula is C11H8F3N5O2. The number of rotatable bonds is 3. The Labute approximate surface area is 115 Å². The summed E-state index contributed by atoms with van der Waals surface area (Å²) < 4.78 is 38.8. The Balaban J connectivity index is 2.62. The maximum Gasteiger partial charge on any atom is 0.433 e. The summed E-state index contributed by atoms with van der Waals surface area (Å²) in [6.45, 7) is 0. The van der Waals surface area contributed by atoms with E-state index in [9.17, 15) is 22.8 Å². The predicted molar refractivity (Wildman–Crippen MR) is 63.4 cm³/mol. The molecule has 2 amide bonds. The van der Waals surface area contributed by atoms with Crippen LogP contribution in [0.15, 0.2) is 24.5 Å². The number of hydrogen-bond acceptors (Lipinski definition) is 4. The number of aromatic nitrogens is 3. The van der Waals surface area contributed by atoms with Gasteiger partial charge in [-0.2, -0.15) is 18.3 Å². The second-order valence-corrected chi connectivity index (χ2v) is 3.97. The highest BCUT2D eigenvalue weighted by molar-refractivity contribution is 5.96. The quantitative estimate of drug-likeness (QED) is 0.857. The maximum atomic E-state index is 12.7. The average molecular weight is 299 g/mol. The van der Waals surface area contributed by atoms with Gasteiger partial charge in [-0.3, -0.25) is 9.59 Å². The van der Waals surface area contributed by atoms with Gasteiger partial charge in [0.15, 0.2) is 5.82 Å². The van der Waals surface area contributed by atoms with E-state index in [4.69, 9.17) is 11.5 Å². The van der Waals surface area contributed by atoms with Gasteiger partial charge in [-0.25, -0.2) is 9.67 Å². The first-order valence-electron chi connectivity index (χ1n) is 5.43. The fourth-order valence-electron chi connectivity index (χ4n) is 1.54. The average Bonchev–Trinajstić information content (AvgIpc) is 2.86. The van der Waals surface area contributed by atoms with Crippen LogP contribution >= 0.6 is 0 Å². The Bertz CT molecular complexity index is 723. The van der Waals surface area contributed by atoms with Crippen LogP contribution in [0.2, 0.25) is 0 Å². The number of pyridine rings is 1. The minimum absolute atomic E-state index is 0.0513. The van der Waals surface area contributed by atoms with Crippen LogP contribution in [0.5, 0.6) is 0 Å². The van der Waals surface area contributed by atoms with E-state index >= 15 is 0 Å². The molecule has 0 saturated heterocycles. The highest BCUT2D eigenvalue weighted by atomic mass is 19.4. The van der Waals surface area contributed by atoms with Crippen molar-refractivity contribution in [1.82, 2.24) is 14.8 Å². The fourth-order valence-corrected chi connectivity index (χ4v) is 1.54. The van der Waals surface area contributed by atoms with Gasteiger partial charge in [0, 0.05) is 6.20 Å². The van der Waals surface area contributed by atoms with Crippen molar-refractivity contribution in [3.8, 4) is 5.82 Å². The second-order valence-electron chi connectivity index (χ2n) is 3.97. The monoisotopic (exact) mass is 299 g/mol. The van der Waals surface area contributed by atoms with Gasteiger partial charge in [-0.15, -0.1) is 0 Å². The molecule has 0 atom stereocenters. The zero-order valence-corrected chi connectivity index (χ0v) is 10.3. The van der Waals surface area contributed by atoms with E-state index in [2.05, 4.69) is 10.1 Å². The fraction of sp³-hybridized carbons (Fsp3) is 0.0909. The summed E-state index contributed by atoms with van der Waals surface area (Å²) in [4.78, 5) is 25.6. The van der Waals surface area contributed by atoms with Crippen molar-refractivity contribution < 1.29 is 22.8 Å². The third-order valence-electron chi connectivity index (χ3n) is 2.52. The van der Waals surface area contributed by atoms with Gasteiger partial charge in [0.1, 0.15) is 5.69 Å². The van der Waals surface area contributed by atoms with Gasteiger partial charge in [0.05, 0.1) is 17.3 Å². The number of nitrogens with zero attached hydrogens (tertiary/aromatic N) is 3. The van der Waals surface area contributed by atoms with Gasteiger partial charge in [0.25, 0.3) is 11.8 Å². The van der Waals surface area contributed by atoms with Crippen LogP contribution in [0.1, 0.15) is 26.4 Å². The third kappa shape index (κ3) is 2.83. The van der Waals surface area contributed by atoms with Gasteiger partial charge < -0.3 is 11.5 Å². The molecule has 0 aliphatic heterocycles. The highest BCUT2D eigenvalue weighted by Crippen LogP contribution is 2.29. The molecule has 0 radical (unpaired) electrons. The lowest BCUT2D eigenvalue weighted by molar-refractivity contribution is -0.141. The molecule has 2 rings (SSSR count). The highest BCUT2D eigenvalue weighted by Gasteiger charge is 2.33. The molecule has 7 nitrogen and oxygen atoms in total. The number of carbonyl (C=O) groups is 2. The van der Waals surface area contributed by atoms with Crippen molar-refractivity contribution in [3.05, 3.63) is 41.3 Å². The number of amides is 2. The van der Waals surface area contributed by atoms with Crippen LogP contribution in [0.25, 0.3) is 5.82 Å². The van der Waals surface area contributed by atoms with E-state index in [1.807, 2.05) is 0 Å². The molecule has 21 heavy (non-hydrogen) atoms. The molecular weight excluding hydrogens is 291 g/mol. The molecule has 0 spiro atoms. The molecule has 0 aliphatic carbocycles. The third-order valence-corrected chi connectivity index (χ3v) is 2.52. The van der Waals surface area contributed by atoms with Crippen molar-refractivity contribution in [3.63, 3.8) is 0 Å². The van der Waals surface area contributed by atoms with E-state index in [1.54, 1.807) is 0 Å². The summed E-state index contributed by atoms with van der Waals surface area (Å²) in [5.41, 5.74) is 8.55. The zero-order chi connectivity index (χ0) is 15.8. The van der Waals surface area contributed by atoms with Crippen molar-refractivity contribution in [2.75, 3.05) is 0 Å². The Morgan fingerprint density at radius 3 is 2.29 bits per heavy atom. The van der Waals surface area contributed by atoms with Gasteiger partial charge in [0.2, 0.25) is 0 Å². The topological polar surface area (TPSA) is 117 Å². The first-order valence-corrected chi connectivity index (χ1v) is 5.43. The lowest BCUT2D eigenvalue weighted by atomic mass is 10.2. The number of alkyl halides is 3. The molecule has 0 saturated carbocycles. The normalized spacial score (nSPS) is 11.4. The second kappa shape index (κ2) is 4.89. The smallest absolute Gasteiger partial charge is 0.366 e. The summed E-state index contributed by atoms with van der Waals surface area (Å²) in [7, 11) is 0. The minimum atomic E-state index is -4.70. The van der Waals surface area contributed by atoms with Crippen molar-refractivity contribution >= 4 is 11.8 Å². The van der Waals surface area contributed by atoms with Crippen LogP contribution in [0.3, 0.4) is 0 Å². The molecule has 4 N–H and O–H groups in total. The van der Waals surface area contributed by atoms with Crippen LogP contribution in [0, 0.1) is 0 Å². The summed E-state index contributed by atoms with van der Waals surface area (Å²) in [5.74, 6) is -2.25. The number of hydrogen-bond donors (Lipinski definition) is 2. The van der Waals surface area contributed by atoms with Crippen LogP contribution < -0.4 is 11.5 Å². The van der Waals surface area contributed by atoms with Crippen molar-refractivity contribution in [2.45, 2.75) is 6.18 Å². The van der Waals surface area contributed by atoms with Crippen LogP contribution in [-0.2, 0) is 6.18 Å². The molecule has 110 valence electrons. The summed E-state index contributed by atoms with van der Waals surface area (Å²) in [6, 6.07) is 1.52. The zero-order valence-electron chi connectivity index (χ0n) is 10.3. The molecule has 10 heteroatoms. The first-order chi connectivity index (χ1) is 9.70. The van der Waals surface area contributed by atoms with Crippen LogP contribution in [-0.4, -0.2) is 26.6 Å². The lowest BCUT2D eigenvalue weighted by Gasteiger charge is -2.10. The lowest BCUT2D eigenvalue weighted by Crippen LogP contribution is -2.19. The van der Waals surface area contributed by atoms with Gasteiger partial charge in [-0.05, 0) is 12.1 Å². The SMILES string of the molecule is NC(=O)c1cnn(-c2nc(C(F)(F)F)ccc2C(N)=O)c1. The van der Waals surface area contributed by atoms with Gasteiger partial charge >= 0.3 is 6.18 Å². The first kappa shape index (κ1) is 14.5. The number of carbonyl (C=O) groups excluding carboxylic acids is 2. The Kier molecular flexibility index (Phi) is 3.37. The molecule has 2 aromatic heterocycles. The molecule has 2 aromatic rings. The molecule has 0 aromatic carbocycles.